The minimum absolute atomic E-state index is 0.149. The Morgan fingerprint density at radius 3 is 2.35 bits per heavy atom. The second kappa shape index (κ2) is 7.21. The van der Waals surface area contributed by atoms with Gasteiger partial charge in [0.15, 0.2) is 0 Å². The van der Waals surface area contributed by atoms with E-state index in [9.17, 15) is 18.0 Å². The van der Waals surface area contributed by atoms with Crippen molar-refractivity contribution in [3.8, 4) is 5.75 Å². The molecule has 0 bridgehead atoms. The van der Waals surface area contributed by atoms with Crippen LogP contribution in [0.25, 0.3) is 0 Å². The third-order valence-corrected chi connectivity index (χ3v) is 3.19. The van der Waals surface area contributed by atoms with Crippen molar-refractivity contribution in [1.29, 1.82) is 0 Å². The van der Waals surface area contributed by atoms with Gasteiger partial charge in [0, 0.05) is 0 Å². The summed E-state index contributed by atoms with van der Waals surface area (Å²) in [4.78, 5) is 12.0. The van der Waals surface area contributed by atoms with Gasteiger partial charge < -0.3 is 14.8 Å². The van der Waals surface area contributed by atoms with Crippen LogP contribution in [-0.2, 0) is 14.9 Å². The summed E-state index contributed by atoms with van der Waals surface area (Å²) in [6.45, 7) is 5.82. The highest BCUT2D eigenvalue weighted by Crippen LogP contribution is 2.31. The largest absolute Gasteiger partial charge is 0.495 e. The number of halogens is 3. The first-order chi connectivity index (χ1) is 10.4. The molecule has 1 aromatic rings. The highest BCUT2D eigenvalue weighted by Gasteiger charge is 2.30. The van der Waals surface area contributed by atoms with E-state index in [2.05, 4.69) is 10.1 Å². The SMILES string of the molecule is COc1ccc(C(C)(C)C)cc1NC(=O)[C@H](C)OCC(F)(F)F. The van der Waals surface area contributed by atoms with Gasteiger partial charge in [-0.1, -0.05) is 26.8 Å². The number of carbonyl (C=O) groups excluding carboxylic acids is 1. The predicted octanol–water partition coefficient (Wildman–Crippen LogP) is 3.90. The van der Waals surface area contributed by atoms with Gasteiger partial charge >= 0.3 is 6.18 Å². The highest BCUT2D eigenvalue weighted by atomic mass is 19.4. The average molecular weight is 333 g/mol. The van der Waals surface area contributed by atoms with Crippen LogP contribution in [-0.4, -0.2) is 31.9 Å². The molecular weight excluding hydrogens is 311 g/mol. The molecular formula is C16H22F3NO3. The molecule has 0 fully saturated rings. The zero-order valence-electron chi connectivity index (χ0n) is 13.9. The second-order valence-electron chi connectivity index (χ2n) is 6.22. The number of ether oxygens (including phenoxy) is 2. The number of amides is 1. The number of anilines is 1. The van der Waals surface area contributed by atoms with E-state index in [-0.39, 0.29) is 5.41 Å². The Morgan fingerprint density at radius 1 is 1.26 bits per heavy atom. The molecule has 23 heavy (non-hydrogen) atoms. The van der Waals surface area contributed by atoms with Crippen molar-refractivity contribution < 1.29 is 27.4 Å². The van der Waals surface area contributed by atoms with Crippen LogP contribution in [0.1, 0.15) is 33.3 Å². The number of alkyl halides is 3. The highest BCUT2D eigenvalue weighted by molar-refractivity contribution is 5.95. The van der Waals surface area contributed by atoms with Crippen LogP contribution in [0.3, 0.4) is 0 Å². The van der Waals surface area contributed by atoms with Crippen molar-refractivity contribution in [3.63, 3.8) is 0 Å². The number of nitrogens with one attached hydrogen (secondary N) is 1. The van der Waals surface area contributed by atoms with Gasteiger partial charge in [-0.15, -0.1) is 0 Å². The Balaban J connectivity index is 2.88. The first kappa shape index (κ1) is 19.3. The van der Waals surface area contributed by atoms with Crippen molar-refractivity contribution in [3.05, 3.63) is 23.8 Å². The van der Waals surface area contributed by atoms with Crippen LogP contribution in [0.15, 0.2) is 18.2 Å². The molecule has 130 valence electrons. The Morgan fingerprint density at radius 2 is 1.87 bits per heavy atom. The lowest BCUT2D eigenvalue weighted by Crippen LogP contribution is -2.31. The van der Waals surface area contributed by atoms with Gasteiger partial charge in [0.05, 0.1) is 12.8 Å². The standard InChI is InChI=1S/C16H22F3NO3/c1-10(23-9-16(17,18)19)14(21)20-12-8-11(15(2,3)4)6-7-13(12)22-5/h6-8,10H,9H2,1-5H3,(H,20,21)/t10-/m0/s1. The third kappa shape index (κ3) is 6.09. The number of benzene rings is 1. The molecule has 0 unspecified atom stereocenters. The molecule has 7 heteroatoms. The van der Waals surface area contributed by atoms with E-state index < -0.39 is 24.8 Å². The van der Waals surface area contributed by atoms with Crippen LogP contribution in [0.4, 0.5) is 18.9 Å². The van der Waals surface area contributed by atoms with Gasteiger partial charge in [-0.2, -0.15) is 13.2 Å². The molecule has 1 N–H and O–H groups in total. The van der Waals surface area contributed by atoms with E-state index >= 15 is 0 Å². The number of methoxy groups -OCH3 is 1. The molecule has 1 amide bonds. The van der Waals surface area contributed by atoms with Gasteiger partial charge in [0.2, 0.25) is 0 Å². The summed E-state index contributed by atoms with van der Waals surface area (Å²) < 4.78 is 46.1. The summed E-state index contributed by atoms with van der Waals surface area (Å²) in [6.07, 6.45) is -5.71. The zero-order chi connectivity index (χ0) is 17.8. The van der Waals surface area contributed by atoms with E-state index in [1.807, 2.05) is 26.8 Å². The molecule has 0 saturated heterocycles. The lowest BCUT2D eigenvalue weighted by atomic mass is 9.87. The van der Waals surface area contributed by atoms with Gasteiger partial charge in [-0.25, -0.2) is 0 Å². The molecule has 1 aromatic carbocycles. The molecule has 1 atom stereocenters. The molecule has 4 nitrogen and oxygen atoms in total. The first-order valence-electron chi connectivity index (χ1n) is 7.12. The topological polar surface area (TPSA) is 47.6 Å². The molecule has 0 aliphatic carbocycles. The van der Waals surface area contributed by atoms with E-state index in [4.69, 9.17) is 4.74 Å². The molecule has 0 heterocycles. The second-order valence-corrected chi connectivity index (χ2v) is 6.22. The van der Waals surface area contributed by atoms with Crippen molar-refractivity contribution in [2.45, 2.75) is 45.4 Å². The fourth-order valence-corrected chi connectivity index (χ4v) is 1.80. The van der Waals surface area contributed by atoms with Gasteiger partial charge in [-0.05, 0) is 30.0 Å². The number of rotatable bonds is 5. The summed E-state index contributed by atoms with van der Waals surface area (Å²) in [5.41, 5.74) is 1.20. The van der Waals surface area contributed by atoms with E-state index in [1.165, 1.54) is 14.0 Å². The lowest BCUT2D eigenvalue weighted by Gasteiger charge is -2.22. The number of hydrogen-bond acceptors (Lipinski definition) is 3. The minimum Gasteiger partial charge on any atom is -0.495 e. The van der Waals surface area contributed by atoms with Gasteiger partial charge in [-0.3, -0.25) is 4.79 Å². The molecule has 0 aromatic heterocycles. The molecule has 0 aliphatic rings. The van der Waals surface area contributed by atoms with Crippen molar-refractivity contribution in [1.82, 2.24) is 0 Å². The fraction of sp³-hybridized carbons (Fsp3) is 0.562. The van der Waals surface area contributed by atoms with E-state index in [1.54, 1.807) is 12.1 Å². The smallest absolute Gasteiger partial charge is 0.411 e. The third-order valence-electron chi connectivity index (χ3n) is 3.19. The maximum atomic E-state index is 12.1. The monoisotopic (exact) mass is 333 g/mol. The van der Waals surface area contributed by atoms with E-state index in [0.29, 0.717) is 11.4 Å². The van der Waals surface area contributed by atoms with Crippen LogP contribution in [0.5, 0.6) is 5.75 Å². The Kier molecular flexibility index (Phi) is 6.04. The summed E-state index contributed by atoms with van der Waals surface area (Å²) in [5, 5.41) is 2.55. The van der Waals surface area contributed by atoms with Gasteiger partial charge in [0.25, 0.3) is 5.91 Å². The summed E-state index contributed by atoms with van der Waals surface area (Å²) >= 11 is 0. The lowest BCUT2D eigenvalue weighted by molar-refractivity contribution is -0.184. The molecule has 0 saturated carbocycles. The van der Waals surface area contributed by atoms with Gasteiger partial charge in [0.1, 0.15) is 18.5 Å². The minimum atomic E-state index is -4.47. The first-order valence-corrected chi connectivity index (χ1v) is 7.12. The molecule has 0 radical (unpaired) electrons. The number of carbonyl (C=O) groups is 1. The maximum absolute atomic E-state index is 12.1. The fourth-order valence-electron chi connectivity index (χ4n) is 1.80. The normalized spacial score (nSPS) is 13.6. The Labute approximate surface area is 134 Å². The Hall–Kier alpha value is -1.76. The molecule has 0 aliphatic heterocycles. The predicted molar refractivity (Wildman–Crippen MR) is 81.8 cm³/mol. The average Bonchev–Trinajstić information content (AvgIpc) is 2.42. The number of hydrogen-bond donors (Lipinski definition) is 1. The summed E-state index contributed by atoms with van der Waals surface area (Å²) in [7, 11) is 1.45. The molecule has 0 spiro atoms. The van der Waals surface area contributed by atoms with Crippen LogP contribution < -0.4 is 10.1 Å². The van der Waals surface area contributed by atoms with Crippen LogP contribution >= 0.6 is 0 Å². The van der Waals surface area contributed by atoms with Crippen molar-refractivity contribution in [2.24, 2.45) is 0 Å². The van der Waals surface area contributed by atoms with Crippen molar-refractivity contribution >= 4 is 11.6 Å². The summed E-state index contributed by atoms with van der Waals surface area (Å²) in [6, 6.07) is 5.32. The van der Waals surface area contributed by atoms with Crippen LogP contribution in [0.2, 0.25) is 0 Å². The quantitative estimate of drug-likeness (QED) is 0.889. The van der Waals surface area contributed by atoms with E-state index in [0.717, 1.165) is 5.56 Å². The molecule has 1 rings (SSSR count). The van der Waals surface area contributed by atoms with Crippen molar-refractivity contribution in [2.75, 3.05) is 19.0 Å². The maximum Gasteiger partial charge on any atom is 0.411 e. The van der Waals surface area contributed by atoms with Crippen LogP contribution in [0, 0.1) is 0 Å². The summed E-state index contributed by atoms with van der Waals surface area (Å²) in [5.74, 6) is -0.243. The zero-order valence-corrected chi connectivity index (χ0v) is 13.9. The Bertz CT molecular complexity index is 550.